The van der Waals surface area contributed by atoms with Gasteiger partial charge in [-0.1, -0.05) is 30.3 Å². The summed E-state index contributed by atoms with van der Waals surface area (Å²) in [6, 6.07) is 12.3. The Balaban J connectivity index is 1.45. The first kappa shape index (κ1) is 22.0. The molecule has 0 spiro atoms. The Morgan fingerprint density at radius 2 is 1.90 bits per heavy atom. The largest absolute Gasteiger partial charge is 0.507 e. The first-order valence-corrected chi connectivity index (χ1v) is 11.6. The number of phenols is 1. The van der Waals surface area contributed by atoms with Crippen molar-refractivity contribution in [1.82, 2.24) is 10.2 Å². The summed E-state index contributed by atoms with van der Waals surface area (Å²) in [5.41, 5.74) is 0.290. The number of alkyl halides is 3. The zero-order valence-electron chi connectivity index (χ0n) is 17.2. The molecule has 0 aromatic heterocycles. The molecule has 4 nitrogen and oxygen atoms in total. The number of fused-ring (bicyclic) bond motifs is 1. The van der Waals surface area contributed by atoms with Gasteiger partial charge in [0.1, 0.15) is 5.75 Å². The summed E-state index contributed by atoms with van der Waals surface area (Å²) in [6.45, 7) is 1.66. The molecule has 2 aromatic rings. The second-order valence-electron chi connectivity index (χ2n) is 8.19. The molecule has 4 rings (SSSR count). The fraction of sp³-hybridized carbons (Fsp3) is 0.435. The average molecular weight is 451 g/mol. The van der Waals surface area contributed by atoms with Gasteiger partial charge in [0.25, 0.3) is 5.91 Å². The number of carbonyl (C=O) groups is 1. The SMILES string of the molecule is CSc1cc(C(F)(F)F)cc(O)c1C(=O)NC1CCC2C(c3ccccc3)CCN2C1. The highest BCUT2D eigenvalue weighted by Crippen LogP contribution is 2.40. The van der Waals surface area contributed by atoms with Crippen LogP contribution in [0.4, 0.5) is 13.2 Å². The summed E-state index contributed by atoms with van der Waals surface area (Å²) in [4.78, 5) is 15.4. The number of halogens is 3. The molecule has 2 fully saturated rings. The van der Waals surface area contributed by atoms with Crippen LogP contribution in [0.3, 0.4) is 0 Å². The molecule has 3 unspecified atom stereocenters. The van der Waals surface area contributed by atoms with E-state index in [2.05, 4.69) is 34.5 Å². The van der Waals surface area contributed by atoms with Gasteiger partial charge in [0.05, 0.1) is 11.1 Å². The van der Waals surface area contributed by atoms with Crippen molar-refractivity contribution in [2.75, 3.05) is 19.3 Å². The molecule has 31 heavy (non-hydrogen) atoms. The Bertz CT molecular complexity index is 952. The van der Waals surface area contributed by atoms with Crippen molar-refractivity contribution in [3.63, 3.8) is 0 Å². The Kier molecular flexibility index (Phi) is 6.21. The molecule has 2 saturated heterocycles. The van der Waals surface area contributed by atoms with E-state index in [9.17, 15) is 23.1 Å². The number of piperidine rings is 1. The molecule has 1 amide bonds. The molecule has 166 valence electrons. The lowest BCUT2D eigenvalue weighted by atomic mass is 9.86. The van der Waals surface area contributed by atoms with E-state index in [1.165, 1.54) is 5.56 Å². The molecule has 0 saturated carbocycles. The van der Waals surface area contributed by atoms with E-state index in [0.29, 0.717) is 24.6 Å². The summed E-state index contributed by atoms with van der Waals surface area (Å²) >= 11 is 1.01. The summed E-state index contributed by atoms with van der Waals surface area (Å²) in [5, 5.41) is 13.1. The lowest BCUT2D eigenvalue weighted by molar-refractivity contribution is -0.137. The fourth-order valence-electron chi connectivity index (χ4n) is 4.89. The van der Waals surface area contributed by atoms with Crippen LogP contribution in [-0.2, 0) is 6.18 Å². The van der Waals surface area contributed by atoms with E-state index < -0.39 is 23.4 Å². The summed E-state index contributed by atoms with van der Waals surface area (Å²) in [7, 11) is 0. The lowest BCUT2D eigenvalue weighted by Crippen LogP contribution is -2.50. The quantitative estimate of drug-likeness (QED) is 0.652. The van der Waals surface area contributed by atoms with Crippen LogP contribution in [0.1, 0.15) is 46.7 Å². The Labute approximate surface area is 183 Å². The third-order valence-electron chi connectivity index (χ3n) is 6.35. The van der Waals surface area contributed by atoms with Crippen molar-refractivity contribution >= 4 is 17.7 Å². The van der Waals surface area contributed by atoms with Gasteiger partial charge in [-0.2, -0.15) is 13.2 Å². The minimum absolute atomic E-state index is 0.0915. The molecule has 3 atom stereocenters. The number of aromatic hydroxyl groups is 1. The molecule has 0 bridgehead atoms. The predicted octanol–water partition coefficient (Wildman–Crippen LogP) is 4.88. The first-order chi connectivity index (χ1) is 14.8. The molecule has 8 heteroatoms. The van der Waals surface area contributed by atoms with Gasteiger partial charge >= 0.3 is 6.18 Å². The number of hydrogen-bond donors (Lipinski definition) is 2. The van der Waals surface area contributed by atoms with Gasteiger partial charge in [-0.3, -0.25) is 9.69 Å². The molecule has 2 aliphatic heterocycles. The van der Waals surface area contributed by atoms with Crippen molar-refractivity contribution < 1.29 is 23.1 Å². The van der Waals surface area contributed by atoms with Gasteiger partial charge in [0, 0.05) is 29.4 Å². The third-order valence-corrected chi connectivity index (χ3v) is 7.11. The van der Waals surface area contributed by atoms with Gasteiger partial charge < -0.3 is 10.4 Å². The van der Waals surface area contributed by atoms with E-state index in [0.717, 1.165) is 43.6 Å². The van der Waals surface area contributed by atoms with Crippen LogP contribution in [0.15, 0.2) is 47.4 Å². The maximum absolute atomic E-state index is 13.0. The van der Waals surface area contributed by atoms with Gasteiger partial charge in [-0.25, -0.2) is 0 Å². The van der Waals surface area contributed by atoms with Crippen LogP contribution in [0.5, 0.6) is 5.75 Å². The van der Waals surface area contributed by atoms with E-state index in [4.69, 9.17) is 0 Å². The molecular weight excluding hydrogens is 425 g/mol. The third kappa shape index (κ3) is 4.55. The van der Waals surface area contributed by atoms with E-state index in [-0.39, 0.29) is 16.5 Å². The number of amides is 1. The number of nitrogens with zero attached hydrogens (tertiary/aromatic N) is 1. The zero-order valence-corrected chi connectivity index (χ0v) is 18.0. The molecule has 2 aromatic carbocycles. The van der Waals surface area contributed by atoms with Gasteiger partial charge in [-0.05, 0) is 49.8 Å². The van der Waals surface area contributed by atoms with Gasteiger partial charge in [0.2, 0.25) is 0 Å². The number of nitrogens with one attached hydrogen (secondary N) is 1. The molecular formula is C23H25F3N2O2S. The van der Waals surface area contributed by atoms with Gasteiger partial charge in [0.15, 0.2) is 0 Å². The number of benzene rings is 2. The normalized spacial score (nSPS) is 24.1. The second-order valence-corrected chi connectivity index (χ2v) is 9.03. The summed E-state index contributed by atoms with van der Waals surface area (Å²) in [5.74, 6) is -0.687. The Morgan fingerprint density at radius 3 is 2.58 bits per heavy atom. The topological polar surface area (TPSA) is 52.6 Å². The van der Waals surface area contributed by atoms with Crippen LogP contribution >= 0.6 is 11.8 Å². The van der Waals surface area contributed by atoms with E-state index in [1.807, 2.05) is 6.07 Å². The number of rotatable bonds is 4. The van der Waals surface area contributed by atoms with Crippen molar-refractivity contribution in [3.05, 3.63) is 59.2 Å². The highest BCUT2D eigenvalue weighted by Gasteiger charge is 2.40. The highest BCUT2D eigenvalue weighted by molar-refractivity contribution is 7.98. The molecule has 0 radical (unpaired) electrons. The molecule has 2 N–H and O–H groups in total. The maximum atomic E-state index is 13.0. The van der Waals surface area contributed by atoms with Gasteiger partial charge in [-0.15, -0.1) is 11.8 Å². The minimum Gasteiger partial charge on any atom is -0.507 e. The fourth-order valence-corrected chi connectivity index (χ4v) is 5.54. The van der Waals surface area contributed by atoms with E-state index in [1.54, 1.807) is 6.26 Å². The Hall–Kier alpha value is -2.19. The molecule has 2 heterocycles. The molecule has 0 aliphatic carbocycles. The van der Waals surface area contributed by atoms with E-state index >= 15 is 0 Å². The average Bonchev–Trinajstić information content (AvgIpc) is 3.16. The summed E-state index contributed by atoms with van der Waals surface area (Å²) < 4.78 is 39.1. The zero-order chi connectivity index (χ0) is 22.2. The number of hydrogen-bond acceptors (Lipinski definition) is 4. The monoisotopic (exact) mass is 450 g/mol. The number of thioether (sulfide) groups is 1. The van der Waals surface area contributed by atoms with Crippen molar-refractivity contribution in [3.8, 4) is 5.75 Å². The van der Waals surface area contributed by atoms with Crippen molar-refractivity contribution in [2.45, 2.75) is 48.3 Å². The smallest absolute Gasteiger partial charge is 0.416 e. The Morgan fingerprint density at radius 1 is 1.16 bits per heavy atom. The molecule has 2 aliphatic rings. The first-order valence-electron chi connectivity index (χ1n) is 10.4. The van der Waals surface area contributed by atoms with Crippen LogP contribution in [0.2, 0.25) is 0 Å². The number of carbonyl (C=O) groups excluding carboxylic acids is 1. The predicted molar refractivity (Wildman–Crippen MR) is 115 cm³/mol. The van der Waals surface area contributed by atoms with Crippen LogP contribution in [-0.4, -0.2) is 47.3 Å². The summed E-state index contributed by atoms with van der Waals surface area (Å²) in [6.07, 6.45) is -0.179. The second kappa shape index (κ2) is 8.74. The number of phenolic OH excluding ortho intramolecular Hbond substituents is 1. The lowest BCUT2D eigenvalue weighted by Gasteiger charge is -2.37. The minimum atomic E-state index is -4.58. The highest BCUT2D eigenvalue weighted by atomic mass is 32.2. The van der Waals surface area contributed by atoms with Crippen LogP contribution in [0, 0.1) is 0 Å². The van der Waals surface area contributed by atoms with Crippen LogP contribution < -0.4 is 5.32 Å². The van der Waals surface area contributed by atoms with Crippen molar-refractivity contribution in [2.24, 2.45) is 0 Å². The maximum Gasteiger partial charge on any atom is 0.416 e. The van der Waals surface area contributed by atoms with Crippen molar-refractivity contribution in [1.29, 1.82) is 0 Å². The standard InChI is InChI=1S/C23H25F3N2O2S/c1-31-20-12-15(23(24,25)26)11-19(29)21(20)22(30)27-16-7-8-18-17(9-10-28(18)13-16)14-5-3-2-4-6-14/h2-6,11-12,16-18,29H,7-10,13H2,1H3,(H,27,30). The van der Waals surface area contributed by atoms with Crippen LogP contribution in [0.25, 0.3) is 0 Å².